The molecule has 1 saturated heterocycles. The van der Waals surface area contributed by atoms with E-state index >= 15 is 0 Å². The molecule has 0 spiro atoms. The van der Waals surface area contributed by atoms with Crippen LogP contribution in [0.4, 0.5) is 14.9 Å². The summed E-state index contributed by atoms with van der Waals surface area (Å²) in [6, 6.07) is 9.25. The average Bonchev–Trinajstić information content (AvgIpc) is 3.45. The maximum atomic E-state index is 13.1. The van der Waals surface area contributed by atoms with E-state index in [4.69, 9.17) is 11.6 Å². The molecule has 1 aliphatic carbocycles. The number of nitrogens with one attached hydrogen (secondary N) is 2. The predicted octanol–water partition coefficient (Wildman–Crippen LogP) is 5.11. The smallest absolute Gasteiger partial charge is 0.321 e. The molecular weight excluding hydrogens is 419 g/mol. The number of nitrogens with zero attached hydrogens (tertiary/aromatic N) is 2. The molecule has 2 heterocycles. The minimum absolute atomic E-state index is 0.176. The van der Waals surface area contributed by atoms with Crippen LogP contribution in [0.3, 0.4) is 0 Å². The van der Waals surface area contributed by atoms with Gasteiger partial charge in [0, 0.05) is 40.2 Å². The first-order chi connectivity index (χ1) is 15.0. The zero-order valence-corrected chi connectivity index (χ0v) is 17.7. The molecule has 1 aromatic heterocycles. The summed E-state index contributed by atoms with van der Waals surface area (Å²) in [5.41, 5.74) is 2.03. The van der Waals surface area contributed by atoms with E-state index in [0.717, 1.165) is 42.1 Å². The number of aliphatic hydroxyl groups excluding tert-OH is 1. The van der Waals surface area contributed by atoms with Gasteiger partial charge in [0.1, 0.15) is 5.82 Å². The molecule has 1 atom stereocenters. The van der Waals surface area contributed by atoms with Gasteiger partial charge >= 0.3 is 6.03 Å². The summed E-state index contributed by atoms with van der Waals surface area (Å²) in [5, 5.41) is 22.8. The third-order valence-corrected chi connectivity index (χ3v) is 7.12. The lowest BCUT2D eigenvalue weighted by Crippen LogP contribution is -2.43. The Hall–Kier alpha value is -2.64. The normalized spacial score (nSPS) is 19.4. The Labute approximate surface area is 184 Å². The van der Waals surface area contributed by atoms with E-state index in [1.54, 1.807) is 23.2 Å². The predicted molar refractivity (Wildman–Crippen MR) is 117 cm³/mol. The quantitative estimate of drug-likeness (QED) is 0.525. The van der Waals surface area contributed by atoms with Crippen LogP contribution >= 0.6 is 11.6 Å². The lowest BCUT2D eigenvalue weighted by molar-refractivity contribution is 0.0315. The van der Waals surface area contributed by atoms with E-state index in [1.807, 2.05) is 12.1 Å². The van der Waals surface area contributed by atoms with Gasteiger partial charge in [0.25, 0.3) is 0 Å². The number of carbonyl (C=O) groups excluding carboxylic acids is 1. The number of anilines is 1. The van der Waals surface area contributed by atoms with Gasteiger partial charge in [-0.3, -0.25) is 5.10 Å². The Bertz CT molecular complexity index is 1100. The summed E-state index contributed by atoms with van der Waals surface area (Å²) >= 11 is 6.29. The first-order valence-electron chi connectivity index (χ1n) is 10.6. The molecule has 6 nitrogen and oxygen atoms in total. The average molecular weight is 443 g/mol. The molecule has 0 radical (unpaired) electrons. The monoisotopic (exact) mass is 442 g/mol. The van der Waals surface area contributed by atoms with Crippen molar-refractivity contribution in [2.75, 3.05) is 18.4 Å². The minimum atomic E-state index is -0.626. The van der Waals surface area contributed by atoms with Gasteiger partial charge < -0.3 is 15.3 Å². The number of amides is 2. The summed E-state index contributed by atoms with van der Waals surface area (Å²) < 4.78 is 13.1. The molecule has 5 rings (SSSR count). The second-order valence-electron chi connectivity index (χ2n) is 8.66. The number of piperidine rings is 1. The van der Waals surface area contributed by atoms with Gasteiger partial charge in [0.05, 0.1) is 17.8 Å². The van der Waals surface area contributed by atoms with Crippen molar-refractivity contribution in [1.29, 1.82) is 0 Å². The molecule has 1 unspecified atom stereocenters. The Morgan fingerprint density at radius 1 is 1.26 bits per heavy atom. The van der Waals surface area contributed by atoms with Gasteiger partial charge in [0.15, 0.2) is 0 Å². The molecular formula is C23H24ClFN4O2. The zero-order chi connectivity index (χ0) is 21.6. The highest BCUT2D eigenvalue weighted by molar-refractivity contribution is 6.31. The van der Waals surface area contributed by atoms with Crippen LogP contribution in [0.1, 0.15) is 37.4 Å². The number of aromatic amines is 1. The number of carbonyl (C=O) groups is 1. The number of fused-ring (bicyclic) bond motifs is 1. The Kier molecular flexibility index (Phi) is 5.10. The fourth-order valence-electron chi connectivity index (χ4n) is 5.01. The van der Waals surface area contributed by atoms with E-state index in [2.05, 4.69) is 15.5 Å². The lowest BCUT2D eigenvalue weighted by atomic mass is 9.76. The van der Waals surface area contributed by atoms with Gasteiger partial charge in [-0.05, 0) is 68.0 Å². The summed E-state index contributed by atoms with van der Waals surface area (Å²) in [6.45, 7) is 1.25. The molecule has 0 bridgehead atoms. The summed E-state index contributed by atoms with van der Waals surface area (Å²) in [4.78, 5) is 14.4. The van der Waals surface area contributed by atoms with Crippen molar-refractivity contribution < 1.29 is 14.3 Å². The topological polar surface area (TPSA) is 81.2 Å². The van der Waals surface area contributed by atoms with E-state index in [1.165, 1.54) is 12.1 Å². The maximum Gasteiger partial charge on any atom is 0.321 e. The van der Waals surface area contributed by atoms with Crippen molar-refractivity contribution in [3.63, 3.8) is 0 Å². The first kappa shape index (κ1) is 20.3. The summed E-state index contributed by atoms with van der Waals surface area (Å²) in [7, 11) is 0. The number of benzene rings is 2. The van der Waals surface area contributed by atoms with Crippen LogP contribution in [0.25, 0.3) is 10.9 Å². The lowest BCUT2D eigenvalue weighted by Gasteiger charge is -2.38. The summed E-state index contributed by atoms with van der Waals surface area (Å²) in [6.07, 6.45) is 4.68. The number of halogens is 2. The third-order valence-electron chi connectivity index (χ3n) is 6.90. The van der Waals surface area contributed by atoms with Crippen molar-refractivity contribution in [3.05, 3.63) is 59.0 Å². The van der Waals surface area contributed by atoms with Crippen LogP contribution in [0.2, 0.25) is 5.02 Å². The number of aromatic nitrogens is 2. The molecule has 2 fully saturated rings. The number of likely N-dealkylation sites (tertiary alicyclic amines) is 1. The van der Waals surface area contributed by atoms with Crippen molar-refractivity contribution >= 4 is 34.2 Å². The highest BCUT2D eigenvalue weighted by Gasteiger charge is 2.55. The molecule has 8 heteroatoms. The molecule has 3 N–H and O–H groups in total. The molecule has 2 aromatic carbocycles. The molecule has 2 aliphatic rings. The maximum absolute atomic E-state index is 13.1. The number of rotatable bonds is 4. The third kappa shape index (κ3) is 3.77. The number of urea groups is 1. The van der Waals surface area contributed by atoms with E-state index < -0.39 is 6.10 Å². The minimum Gasteiger partial charge on any atom is -0.388 e. The van der Waals surface area contributed by atoms with Crippen LogP contribution in [0, 0.1) is 17.2 Å². The molecule has 3 aromatic rings. The van der Waals surface area contributed by atoms with Gasteiger partial charge in [-0.2, -0.15) is 5.10 Å². The van der Waals surface area contributed by atoms with Crippen LogP contribution < -0.4 is 5.32 Å². The van der Waals surface area contributed by atoms with Crippen LogP contribution in [0.15, 0.2) is 42.6 Å². The molecule has 31 heavy (non-hydrogen) atoms. The number of hydrogen-bond acceptors (Lipinski definition) is 3. The van der Waals surface area contributed by atoms with Crippen molar-refractivity contribution in [3.8, 4) is 0 Å². The fourth-order valence-corrected chi connectivity index (χ4v) is 5.25. The highest BCUT2D eigenvalue weighted by Crippen LogP contribution is 2.63. The van der Waals surface area contributed by atoms with Crippen molar-refractivity contribution in [1.82, 2.24) is 15.1 Å². The zero-order valence-electron chi connectivity index (χ0n) is 16.9. The van der Waals surface area contributed by atoms with Crippen molar-refractivity contribution in [2.45, 2.75) is 31.8 Å². The summed E-state index contributed by atoms with van der Waals surface area (Å²) in [5.74, 6) is -0.00599. The van der Waals surface area contributed by atoms with Gasteiger partial charge in [-0.15, -0.1) is 0 Å². The number of hydrogen-bond donors (Lipinski definition) is 3. The SMILES string of the molecule is O=C(Nc1ccc(F)cc1)N1CCC(C2(C(O)c3cc(Cl)cc4cn[nH]c34)CC2)CC1. The second-order valence-corrected chi connectivity index (χ2v) is 9.10. The van der Waals surface area contributed by atoms with E-state index in [0.29, 0.717) is 29.7 Å². The van der Waals surface area contributed by atoms with E-state index in [9.17, 15) is 14.3 Å². The first-order valence-corrected chi connectivity index (χ1v) is 11.0. The Morgan fingerprint density at radius 2 is 1.97 bits per heavy atom. The highest BCUT2D eigenvalue weighted by atomic mass is 35.5. The Balaban J connectivity index is 1.26. The van der Waals surface area contributed by atoms with E-state index in [-0.39, 0.29) is 17.3 Å². The van der Waals surface area contributed by atoms with Crippen LogP contribution in [0.5, 0.6) is 0 Å². The molecule has 1 aliphatic heterocycles. The van der Waals surface area contributed by atoms with Crippen molar-refractivity contribution in [2.24, 2.45) is 11.3 Å². The van der Waals surface area contributed by atoms with Gasteiger partial charge in [0.2, 0.25) is 0 Å². The van der Waals surface area contributed by atoms with Crippen LogP contribution in [-0.4, -0.2) is 39.3 Å². The van der Waals surface area contributed by atoms with Gasteiger partial charge in [-0.1, -0.05) is 11.6 Å². The standard InChI is InChI=1S/C23H24ClFN4O2/c24-16-11-14-13-26-28-20(14)19(12-16)21(30)23(7-8-23)15-5-9-29(10-6-15)22(31)27-18-3-1-17(25)2-4-18/h1-4,11-13,15,21,30H,5-10H2,(H,26,28)(H,27,31). The molecule has 162 valence electrons. The Morgan fingerprint density at radius 3 is 2.65 bits per heavy atom. The largest absolute Gasteiger partial charge is 0.388 e. The van der Waals surface area contributed by atoms with Gasteiger partial charge in [-0.25, -0.2) is 9.18 Å². The second kappa shape index (κ2) is 7.80. The number of H-pyrrole nitrogens is 1. The molecule has 1 saturated carbocycles. The fraction of sp³-hybridized carbons (Fsp3) is 0.391. The number of aliphatic hydroxyl groups is 1. The van der Waals surface area contributed by atoms with Crippen LogP contribution in [-0.2, 0) is 0 Å². The molecule has 2 amide bonds.